The van der Waals surface area contributed by atoms with Gasteiger partial charge in [-0.3, -0.25) is 0 Å². The summed E-state index contributed by atoms with van der Waals surface area (Å²) in [4.78, 5) is 16.8. The van der Waals surface area contributed by atoms with E-state index in [-0.39, 0.29) is 0 Å². The number of aryl methyl sites for hydroxylation is 2. The molecule has 0 saturated carbocycles. The van der Waals surface area contributed by atoms with Crippen LogP contribution in [-0.2, 0) is 6.42 Å². The normalized spacial score (nSPS) is 11.6. The van der Waals surface area contributed by atoms with E-state index in [1.165, 1.54) is 5.56 Å². The largest absolute Gasteiger partial charge is 0.340 e. The van der Waals surface area contributed by atoms with Crippen LogP contribution in [0.1, 0.15) is 31.2 Å². The van der Waals surface area contributed by atoms with Crippen molar-refractivity contribution in [1.29, 1.82) is 0 Å². The van der Waals surface area contributed by atoms with Gasteiger partial charge in [-0.2, -0.15) is 4.52 Å². The van der Waals surface area contributed by atoms with Gasteiger partial charge >= 0.3 is 0 Å². The second-order valence-electron chi connectivity index (χ2n) is 5.77. The van der Waals surface area contributed by atoms with E-state index in [4.69, 9.17) is 10.1 Å². The third-order valence-corrected chi connectivity index (χ3v) is 3.99. The number of H-pyrrole nitrogens is 1. The molecule has 0 unspecified atom stereocenters. The highest BCUT2D eigenvalue weighted by atomic mass is 15.3. The third-order valence-electron chi connectivity index (χ3n) is 3.99. The summed E-state index contributed by atoms with van der Waals surface area (Å²) in [5.74, 6) is 1.62. The molecular formula is C17H18N6. The highest BCUT2D eigenvalue weighted by molar-refractivity contribution is 5.85. The minimum atomic E-state index is 0.700. The fourth-order valence-electron chi connectivity index (χ4n) is 2.68. The number of hydrogen-bond donors (Lipinski definition) is 1. The maximum absolute atomic E-state index is 4.72. The van der Waals surface area contributed by atoms with Crippen molar-refractivity contribution in [3.63, 3.8) is 0 Å². The van der Waals surface area contributed by atoms with Crippen molar-refractivity contribution in [3.8, 4) is 11.4 Å². The van der Waals surface area contributed by atoms with Crippen LogP contribution in [0.4, 0.5) is 0 Å². The lowest BCUT2D eigenvalue weighted by Gasteiger charge is -2.02. The molecule has 3 aromatic heterocycles. The second kappa shape index (κ2) is 5.46. The molecule has 1 aromatic carbocycles. The standard InChI is InChI=1S/C17H18N6/c1-3-4-5-13-20-16-14(18-10-19-16)17-21-15(22-23(13)17)12-8-6-11(2)7-9-12/h6-10H,3-5H2,1-2H3,(H,18,19). The van der Waals surface area contributed by atoms with E-state index in [1.54, 1.807) is 6.33 Å². The predicted octanol–water partition coefficient (Wildman–Crippen LogP) is 3.32. The summed E-state index contributed by atoms with van der Waals surface area (Å²) >= 11 is 0. The van der Waals surface area contributed by atoms with E-state index in [0.29, 0.717) is 11.5 Å². The van der Waals surface area contributed by atoms with Crippen LogP contribution in [-0.4, -0.2) is 29.5 Å². The van der Waals surface area contributed by atoms with Crippen molar-refractivity contribution in [2.45, 2.75) is 33.1 Å². The van der Waals surface area contributed by atoms with E-state index in [9.17, 15) is 0 Å². The SMILES string of the molecule is CCCCc1nc2nc[nH]c2c2nc(-c3ccc(C)cc3)nn12. The van der Waals surface area contributed by atoms with E-state index >= 15 is 0 Å². The molecule has 6 nitrogen and oxygen atoms in total. The number of nitrogens with one attached hydrogen (secondary N) is 1. The molecule has 116 valence electrons. The van der Waals surface area contributed by atoms with Gasteiger partial charge in [0.1, 0.15) is 11.3 Å². The van der Waals surface area contributed by atoms with Gasteiger partial charge in [-0.25, -0.2) is 15.0 Å². The topological polar surface area (TPSA) is 71.8 Å². The molecule has 23 heavy (non-hydrogen) atoms. The Bertz CT molecular complexity index is 964. The van der Waals surface area contributed by atoms with Gasteiger partial charge in [-0.15, -0.1) is 5.10 Å². The fourth-order valence-corrected chi connectivity index (χ4v) is 2.68. The van der Waals surface area contributed by atoms with Gasteiger partial charge in [-0.1, -0.05) is 43.2 Å². The first-order valence-corrected chi connectivity index (χ1v) is 7.92. The molecule has 1 N–H and O–H groups in total. The third kappa shape index (κ3) is 2.36. The molecule has 0 aliphatic rings. The molecule has 0 aliphatic carbocycles. The lowest BCUT2D eigenvalue weighted by Crippen LogP contribution is -2.03. The molecule has 0 bridgehead atoms. The maximum atomic E-state index is 4.72. The first kappa shape index (κ1) is 13.9. The molecule has 4 aromatic rings. The number of aromatic nitrogens is 6. The number of aromatic amines is 1. The van der Waals surface area contributed by atoms with Gasteiger partial charge in [0.05, 0.1) is 6.33 Å². The molecule has 0 amide bonds. The van der Waals surface area contributed by atoms with Crippen LogP contribution in [0.2, 0.25) is 0 Å². The Kier molecular flexibility index (Phi) is 3.29. The van der Waals surface area contributed by atoms with Crippen molar-refractivity contribution < 1.29 is 0 Å². The Labute approximate surface area is 133 Å². The number of imidazole rings is 1. The zero-order chi connectivity index (χ0) is 15.8. The Hall–Kier alpha value is -2.76. The number of benzene rings is 1. The van der Waals surface area contributed by atoms with E-state index in [1.807, 2.05) is 16.6 Å². The lowest BCUT2D eigenvalue weighted by atomic mass is 10.1. The van der Waals surface area contributed by atoms with E-state index in [0.717, 1.165) is 41.8 Å². The predicted molar refractivity (Wildman–Crippen MR) is 89.2 cm³/mol. The number of rotatable bonds is 4. The van der Waals surface area contributed by atoms with Crippen LogP contribution in [0.15, 0.2) is 30.6 Å². The molecule has 0 saturated heterocycles. The van der Waals surface area contributed by atoms with Gasteiger partial charge < -0.3 is 4.98 Å². The van der Waals surface area contributed by atoms with Gasteiger partial charge in [0.25, 0.3) is 0 Å². The Morgan fingerprint density at radius 1 is 1.13 bits per heavy atom. The van der Waals surface area contributed by atoms with Crippen LogP contribution in [0, 0.1) is 6.92 Å². The van der Waals surface area contributed by atoms with Gasteiger partial charge in [0.15, 0.2) is 17.1 Å². The summed E-state index contributed by atoms with van der Waals surface area (Å²) in [5.41, 5.74) is 4.55. The van der Waals surface area contributed by atoms with Crippen molar-refractivity contribution in [3.05, 3.63) is 42.0 Å². The first-order chi connectivity index (χ1) is 11.3. The fraction of sp³-hybridized carbons (Fsp3) is 0.294. The average Bonchev–Trinajstić information content (AvgIpc) is 3.19. The molecule has 0 aliphatic heterocycles. The van der Waals surface area contributed by atoms with Crippen LogP contribution < -0.4 is 0 Å². The quantitative estimate of drug-likeness (QED) is 0.628. The Balaban J connectivity index is 1.93. The van der Waals surface area contributed by atoms with Gasteiger partial charge in [-0.05, 0) is 13.3 Å². The molecule has 0 atom stereocenters. The zero-order valence-corrected chi connectivity index (χ0v) is 13.2. The van der Waals surface area contributed by atoms with Crippen LogP contribution in [0.25, 0.3) is 28.2 Å². The molecule has 3 heterocycles. The summed E-state index contributed by atoms with van der Waals surface area (Å²) in [5, 5.41) is 4.69. The summed E-state index contributed by atoms with van der Waals surface area (Å²) in [7, 11) is 0. The highest BCUT2D eigenvalue weighted by Gasteiger charge is 2.15. The van der Waals surface area contributed by atoms with Crippen molar-refractivity contribution in [2.75, 3.05) is 0 Å². The number of unbranched alkanes of at least 4 members (excludes halogenated alkanes) is 1. The molecular weight excluding hydrogens is 288 g/mol. The van der Waals surface area contributed by atoms with Crippen LogP contribution in [0.5, 0.6) is 0 Å². The Morgan fingerprint density at radius 3 is 2.74 bits per heavy atom. The molecule has 0 radical (unpaired) electrons. The minimum absolute atomic E-state index is 0.700. The van der Waals surface area contributed by atoms with Crippen molar-refractivity contribution in [2.24, 2.45) is 0 Å². The zero-order valence-electron chi connectivity index (χ0n) is 13.2. The first-order valence-electron chi connectivity index (χ1n) is 7.92. The average molecular weight is 306 g/mol. The monoisotopic (exact) mass is 306 g/mol. The smallest absolute Gasteiger partial charge is 0.185 e. The van der Waals surface area contributed by atoms with Crippen LogP contribution >= 0.6 is 0 Å². The minimum Gasteiger partial charge on any atom is -0.340 e. The Morgan fingerprint density at radius 2 is 1.96 bits per heavy atom. The molecule has 6 heteroatoms. The number of hydrogen-bond acceptors (Lipinski definition) is 4. The van der Waals surface area contributed by atoms with Gasteiger partial charge in [0, 0.05) is 12.0 Å². The van der Waals surface area contributed by atoms with E-state index in [2.05, 4.69) is 40.9 Å². The number of fused-ring (bicyclic) bond motifs is 3. The van der Waals surface area contributed by atoms with Gasteiger partial charge in [0.2, 0.25) is 0 Å². The second-order valence-corrected chi connectivity index (χ2v) is 5.77. The molecule has 0 spiro atoms. The summed E-state index contributed by atoms with van der Waals surface area (Å²) in [6.45, 7) is 4.24. The van der Waals surface area contributed by atoms with E-state index < -0.39 is 0 Å². The summed E-state index contributed by atoms with van der Waals surface area (Å²) < 4.78 is 1.85. The maximum Gasteiger partial charge on any atom is 0.185 e. The van der Waals surface area contributed by atoms with Crippen molar-refractivity contribution in [1.82, 2.24) is 29.5 Å². The van der Waals surface area contributed by atoms with Crippen LogP contribution in [0.3, 0.4) is 0 Å². The molecule has 0 fully saturated rings. The highest BCUT2D eigenvalue weighted by Crippen LogP contribution is 2.21. The summed E-state index contributed by atoms with van der Waals surface area (Å²) in [6, 6.07) is 8.24. The summed E-state index contributed by atoms with van der Waals surface area (Å²) in [6.07, 6.45) is 4.70. The lowest BCUT2D eigenvalue weighted by molar-refractivity contribution is 0.719. The van der Waals surface area contributed by atoms with Crippen molar-refractivity contribution >= 4 is 16.8 Å². The molecule has 4 rings (SSSR count). The number of nitrogens with zero attached hydrogens (tertiary/aromatic N) is 5.